The van der Waals surface area contributed by atoms with Gasteiger partial charge in [0.1, 0.15) is 5.82 Å². The van der Waals surface area contributed by atoms with E-state index in [2.05, 4.69) is 24.2 Å². The van der Waals surface area contributed by atoms with Crippen molar-refractivity contribution in [3.8, 4) is 0 Å². The van der Waals surface area contributed by atoms with Gasteiger partial charge in [-0.3, -0.25) is 0 Å². The van der Waals surface area contributed by atoms with Crippen LogP contribution in [-0.4, -0.2) is 20.1 Å². The zero-order chi connectivity index (χ0) is 14.7. The maximum atomic E-state index is 14.2. The summed E-state index contributed by atoms with van der Waals surface area (Å²) in [7, 11) is 3.99. The van der Waals surface area contributed by atoms with Crippen molar-refractivity contribution in [2.45, 2.75) is 51.6 Å². The summed E-state index contributed by atoms with van der Waals surface area (Å²) in [5, 5.41) is 3.16. The SMILES string of the molecule is CNC(C)c1c(F)cccc1N(C)C1CCC(C)CC1. The van der Waals surface area contributed by atoms with Gasteiger partial charge in [-0.2, -0.15) is 0 Å². The molecule has 0 heterocycles. The van der Waals surface area contributed by atoms with Gasteiger partial charge < -0.3 is 10.2 Å². The van der Waals surface area contributed by atoms with Gasteiger partial charge in [0.05, 0.1) is 0 Å². The van der Waals surface area contributed by atoms with Crippen LogP contribution in [-0.2, 0) is 0 Å². The molecule has 1 aromatic rings. The Hall–Kier alpha value is -1.09. The molecular formula is C17H27FN2. The van der Waals surface area contributed by atoms with E-state index in [1.807, 2.05) is 26.1 Å². The Balaban J connectivity index is 2.25. The van der Waals surface area contributed by atoms with E-state index in [0.717, 1.165) is 17.2 Å². The molecule has 0 aliphatic heterocycles. The maximum absolute atomic E-state index is 14.2. The molecule has 1 atom stereocenters. The van der Waals surface area contributed by atoms with Crippen molar-refractivity contribution in [2.24, 2.45) is 5.92 Å². The molecule has 1 fully saturated rings. The minimum atomic E-state index is -0.111. The number of hydrogen-bond acceptors (Lipinski definition) is 2. The molecule has 2 rings (SSSR count). The third-order valence-electron chi connectivity index (χ3n) is 4.81. The second kappa shape index (κ2) is 6.57. The van der Waals surface area contributed by atoms with E-state index in [9.17, 15) is 4.39 Å². The van der Waals surface area contributed by atoms with Crippen LogP contribution in [0.25, 0.3) is 0 Å². The van der Waals surface area contributed by atoms with Gasteiger partial charge >= 0.3 is 0 Å². The van der Waals surface area contributed by atoms with E-state index in [1.165, 1.54) is 25.7 Å². The number of hydrogen-bond donors (Lipinski definition) is 1. The number of nitrogens with one attached hydrogen (secondary N) is 1. The Kier molecular flexibility index (Phi) is 5.03. The summed E-state index contributed by atoms with van der Waals surface area (Å²) < 4.78 is 14.2. The van der Waals surface area contributed by atoms with Gasteiger partial charge in [-0.1, -0.05) is 13.0 Å². The van der Waals surface area contributed by atoms with Gasteiger partial charge in [0.15, 0.2) is 0 Å². The van der Waals surface area contributed by atoms with E-state index < -0.39 is 0 Å². The summed E-state index contributed by atoms with van der Waals surface area (Å²) in [6.07, 6.45) is 4.98. The highest BCUT2D eigenvalue weighted by Gasteiger charge is 2.25. The first kappa shape index (κ1) is 15.3. The first-order chi connectivity index (χ1) is 9.54. The summed E-state index contributed by atoms with van der Waals surface area (Å²) in [5.74, 6) is 0.725. The average molecular weight is 278 g/mol. The molecule has 0 bridgehead atoms. The van der Waals surface area contributed by atoms with Crippen molar-refractivity contribution in [1.82, 2.24) is 5.32 Å². The molecule has 0 saturated heterocycles. The molecular weight excluding hydrogens is 251 g/mol. The van der Waals surface area contributed by atoms with Gasteiger partial charge in [-0.05, 0) is 57.7 Å². The minimum Gasteiger partial charge on any atom is -0.371 e. The molecule has 0 radical (unpaired) electrons. The van der Waals surface area contributed by atoms with Crippen molar-refractivity contribution in [2.75, 3.05) is 19.0 Å². The van der Waals surface area contributed by atoms with E-state index in [-0.39, 0.29) is 11.9 Å². The predicted octanol–water partition coefficient (Wildman–Crippen LogP) is 4.12. The Bertz CT molecular complexity index is 439. The topological polar surface area (TPSA) is 15.3 Å². The van der Waals surface area contributed by atoms with Gasteiger partial charge in [0, 0.05) is 30.4 Å². The van der Waals surface area contributed by atoms with Crippen LogP contribution >= 0.6 is 0 Å². The van der Waals surface area contributed by atoms with Crippen LogP contribution in [0, 0.1) is 11.7 Å². The van der Waals surface area contributed by atoms with E-state index >= 15 is 0 Å². The predicted molar refractivity (Wildman–Crippen MR) is 83.7 cm³/mol. The monoisotopic (exact) mass is 278 g/mol. The Morgan fingerprint density at radius 2 is 1.90 bits per heavy atom. The first-order valence-electron chi connectivity index (χ1n) is 7.73. The van der Waals surface area contributed by atoms with Gasteiger partial charge in [-0.15, -0.1) is 0 Å². The van der Waals surface area contributed by atoms with Crippen molar-refractivity contribution in [1.29, 1.82) is 0 Å². The molecule has 20 heavy (non-hydrogen) atoms. The van der Waals surface area contributed by atoms with Crippen molar-refractivity contribution >= 4 is 5.69 Å². The zero-order valence-corrected chi connectivity index (χ0v) is 13.1. The average Bonchev–Trinajstić information content (AvgIpc) is 2.46. The Labute approximate surface area is 122 Å². The van der Waals surface area contributed by atoms with Crippen LogP contribution in [0.1, 0.15) is 51.1 Å². The molecule has 1 aliphatic rings. The summed E-state index contributed by atoms with van der Waals surface area (Å²) in [5.41, 5.74) is 1.82. The van der Waals surface area contributed by atoms with Crippen LogP contribution in [0.15, 0.2) is 18.2 Å². The van der Waals surface area contributed by atoms with Crippen molar-refractivity contribution < 1.29 is 4.39 Å². The highest BCUT2D eigenvalue weighted by atomic mass is 19.1. The van der Waals surface area contributed by atoms with Gasteiger partial charge in [0.25, 0.3) is 0 Å². The van der Waals surface area contributed by atoms with E-state index in [4.69, 9.17) is 0 Å². The van der Waals surface area contributed by atoms with Crippen LogP contribution in [0.4, 0.5) is 10.1 Å². The Morgan fingerprint density at radius 3 is 2.50 bits per heavy atom. The minimum absolute atomic E-state index is 0.0242. The molecule has 2 nitrogen and oxygen atoms in total. The summed E-state index contributed by atoms with van der Waals surface area (Å²) in [4.78, 5) is 2.29. The first-order valence-corrected chi connectivity index (χ1v) is 7.73. The summed E-state index contributed by atoms with van der Waals surface area (Å²) >= 11 is 0. The third kappa shape index (κ3) is 3.14. The van der Waals surface area contributed by atoms with Crippen LogP contribution < -0.4 is 10.2 Å². The fraction of sp³-hybridized carbons (Fsp3) is 0.647. The smallest absolute Gasteiger partial charge is 0.130 e. The van der Waals surface area contributed by atoms with Gasteiger partial charge in [0.2, 0.25) is 0 Å². The lowest BCUT2D eigenvalue weighted by Gasteiger charge is -2.36. The van der Waals surface area contributed by atoms with Crippen LogP contribution in [0.3, 0.4) is 0 Å². The summed E-state index contributed by atoms with van der Waals surface area (Å²) in [6.45, 7) is 4.34. The second-order valence-corrected chi connectivity index (χ2v) is 6.21. The molecule has 1 unspecified atom stereocenters. The molecule has 0 aromatic heterocycles. The number of nitrogens with zero attached hydrogens (tertiary/aromatic N) is 1. The normalized spacial score (nSPS) is 24.4. The molecule has 1 aliphatic carbocycles. The van der Waals surface area contributed by atoms with Crippen LogP contribution in [0.2, 0.25) is 0 Å². The van der Waals surface area contributed by atoms with Crippen molar-refractivity contribution in [3.63, 3.8) is 0 Å². The molecule has 3 heteroatoms. The second-order valence-electron chi connectivity index (χ2n) is 6.21. The molecule has 112 valence electrons. The number of halogens is 1. The lowest BCUT2D eigenvalue weighted by Crippen LogP contribution is -2.36. The highest BCUT2D eigenvalue weighted by molar-refractivity contribution is 5.55. The lowest BCUT2D eigenvalue weighted by molar-refractivity contribution is 0.340. The van der Waals surface area contributed by atoms with E-state index in [0.29, 0.717) is 6.04 Å². The number of anilines is 1. The van der Waals surface area contributed by atoms with Crippen LogP contribution in [0.5, 0.6) is 0 Å². The quantitative estimate of drug-likeness (QED) is 0.891. The fourth-order valence-electron chi connectivity index (χ4n) is 3.23. The highest BCUT2D eigenvalue weighted by Crippen LogP contribution is 2.34. The number of benzene rings is 1. The lowest BCUT2D eigenvalue weighted by atomic mass is 9.86. The zero-order valence-electron chi connectivity index (χ0n) is 13.1. The molecule has 0 amide bonds. The standard InChI is InChI=1S/C17H27FN2/c1-12-8-10-14(11-9-12)20(4)16-7-5-6-15(18)17(16)13(2)19-3/h5-7,12-14,19H,8-11H2,1-4H3. The largest absolute Gasteiger partial charge is 0.371 e. The maximum Gasteiger partial charge on any atom is 0.130 e. The summed E-state index contributed by atoms with van der Waals surface area (Å²) in [6, 6.07) is 5.98. The fourth-order valence-corrected chi connectivity index (χ4v) is 3.23. The number of rotatable bonds is 4. The molecule has 1 aromatic carbocycles. The Morgan fingerprint density at radius 1 is 1.25 bits per heavy atom. The molecule has 0 spiro atoms. The molecule has 1 saturated carbocycles. The van der Waals surface area contributed by atoms with E-state index in [1.54, 1.807) is 6.07 Å². The molecule has 1 N–H and O–H groups in total. The van der Waals surface area contributed by atoms with Crippen molar-refractivity contribution in [3.05, 3.63) is 29.6 Å². The van der Waals surface area contributed by atoms with Gasteiger partial charge in [-0.25, -0.2) is 4.39 Å². The third-order valence-corrected chi connectivity index (χ3v) is 4.81.